The molecule has 162 valence electrons. The molecule has 0 aliphatic heterocycles. The van der Waals surface area contributed by atoms with E-state index in [1.807, 2.05) is 6.07 Å². The Morgan fingerprint density at radius 3 is 2.77 bits per heavy atom. The number of nitrogens with zero attached hydrogens (tertiary/aromatic N) is 4. The summed E-state index contributed by atoms with van der Waals surface area (Å²) in [5.41, 5.74) is 0.776. The maximum absolute atomic E-state index is 13.7. The number of rotatable bonds is 7. The largest absolute Gasteiger partial charge is 0.493 e. The second kappa shape index (κ2) is 8.55. The number of hydrogen-bond donors (Lipinski definition) is 1. The average Bonchev–Trinajstić information content (AvgIpc) is 3.08. The number of fused-ring (bicyclic) bond motifs is 1. The number of nitriles is 1. The van der Waals surface area contributed by atoms with E-state index in [-0.39, 0.29) is 29.3 Å². The summed E-state index contributed by atoms with van der Waals surface area (Å²) in [5.74, 6) is -0.206. The smallest absolute Gasteiger partial charge is 0.419 e. The van der Waals surface area contributed by atoms with E-state index in [9.17, 15) is 18.4 Å². The average molecular weight is 429 g/mol. The fourth-order valence-electron chi connectivity index (χ4n) is 3.56. The molecule has 1 fully saturated rings. The van der Waals surface area contributed by atoms with Gasteiger partial charge in [-0.15, -0.1) is 0 Å². The molecule has 0 bridgehead atoms. The third kappa shape index (κ3) is 4.49. The van der Waals surface area contributed by atoms with Crippen molar-refractivity contribution in [1.82, 2.24) is 19.9 Å². The molecule has 1 saturated carbocycles. The van der Waals surface area contributed by atoms with Gasteiger partial charge in [0.1, 0.15) is 17.3 Å². The number of aryl methyl sites for hydroxylation is 1. The first-order valence-corrected chi connectivity index (χ1v) is 10.2. The first kappa shape index (κ1) is 21.1. The minimum absolute atomic E-state index is 0.0703. The van der Waals surface area contributed by atoms with Gasteiger partial charge in [0.2, 0.25) is 0 Å². The lowest BCUT2D eigenvalue weighted by molar-refractivity contribution is -0.138. The van der Waals surface area contributed by atoms with Gasteiger partial charge in [-0.05, 0) is 50.1 Å². The highest BCUT2D eigenvalue weighted by molar-refractivity contribution is 5.84. The Labute approximate surface area is 177 Å². The lowest BCUT2D eigenvalue weighted by Crippen LogP contribution is -2.36. The summed E-state index contributed by atoms with van der Waals surface area (Å²) in [5, 5.41) is 12.7. The molecule has 1 aliphatic carbocycles. The van der Waals surface area contributed by atoms with Crippen molar-refractivity contribution in [1.29, 1.82) is 5.26 Å². The molecule has 0 amide bonds. The zero-order valence-corrected chi connectivity index (χ0v) is 17.0. The van der Waals surface area contributed by atoms with Crippen LogP contribution in [0.25, 0.3) is 22.3 Å². The first-order chi connectivity index (χ1) is 14.9. The standard InChI is InChI=1S/C22H22F3N5O/c1-30-13-28-21-18(12-26)29-17(11-19(21)30)14-6-7-20(16(10-14)22(23,24)25)31-9-3-8-27-15-4-2-5-15/h6-7,10-11,13,15,27H,2-5,8-9H2,1H3. The van der Waals surface area contributed by atoms with Crippen LogP contribution in [0.2, 0.25) is 0 Å². The number of alkyl halides is 3. The van der Waals surface area contributed by atoms with Gasteiger partial charge in [-0.3, -0.25) is 0 Å². The molecule has 1 aliphatic rings. The molecule has 0 spiro atoms. The predicted octanol–water partition coefficient (Wildman–Crippen LogP) is 4.44. The summed E-state index contributed by atoms with van der Waals surface area (Å²) < 4.78 is 48.3. The maximum atomic E-state index is 13.7. The van der Waals surface area contributed by atoms with Crippen molar-refractivity contribution in [3.8, 4) is 23.1 Å². The van der Waals surface area contributed by atoms with Crippen molar-refractivity contribution in [2.75, 3.05) is 13.2 Å². The number of nitrogens with one attached hydrogen (secondary N) is 1. The van der Waals surface area contributed by atoms with E-state index in [0.29, 0.717) is 23.5 Å². The number of imidazole rings is 1. The molecule has 0 radical (unpaired) electrons. The molecule has 0 unspecified atom stereocenters. The SMILES string of the molecule is Cn1cnc2c(C#N)nc(-c3ccc(OCCCNC4CCC4)c(C(F)(F)F)c3)cc21. The van der Waals surface area contributed by atoms with Crippen LogP contribution in [0.1, 0.15) is 36.9 Å². The van der Waals surface area contributed by atoms with Crippen molar-refractivity contribution in [3.63, 3.8) is 0 Å². The Morgan fingerprint density at radius 1 is 1.29 bits per heavy atom. The Morgan fingerprint density at radius 2 is 2.10 bits per heavy atom. The first-order valence-electron chi connectivity index (χ1n) is 10.2. The van der Waals surface area contributed by atoms with E-state index in [4.69, 9.17) is 4.74 Å². The minimum Gasteiger partial charge on any atom is -0.493 e. The Hall–Kier alpha value is -3.12. The second-order valence-electron chi connectivity index (χ2n) is 7.68. The van der Waals surface area contributed by atoms with Crippen molar-refractivity contribution in [2.24, 2.45) is 7.05 Å². The number of halogens is 3. The third-order valence-corrected chi connectivity index (χ3v) is 5.52. The maximum Gasteiger partial charge on any atom is 0.419 e. The van der Waals surface area contributed by atoms with Gasteiger partial charge in [0, 0.05) is 18.7 Å². The third-order valence-electron chi connectivity index (χ3n) is 5.52. The van der Waals surface area contributed by atoms with Crippen LogP contribution in [0.4, 0.5) is 13.2 Å². The summed E-state index contributed by atoms with van der Waals surface area (Å²) in [4.78, 5) is 8.36. The fourth-order valence-corrected chi connectivity index (χ4v) is 3.56. The van der Waals surface area contributed by atoms with Gasteiger partial charge in [0.05, 0.1) is 29.7 Å². The van der Waals surface area contributed by atoms with Gasteiger partial charge in [-0.25, -0.2) is 9.97 Å². The summed E-state index contributed by atoms with van der Waals surface area (Å²) in [6.45, 7) is 0.912. The van der Waals surface area contributed by atoms with Crippen LogP contribution >= 0.6 is 0 Å². The highest BCUT2D eigenvalue weighted by Gasteiger charge is 2.35. The Kier molecular flexibility index (Phi) is 5.83. The van der Waals surface area contributed by atoms with Crippen molar-refractivity contribution < 1.29 is 17.9 Å². The molecule has 3 aromatic rings. The molecular formula is C22H22F3N5O. The van der Waals surface area contributed by atoms with Gasteiger partial charge >= 0.3 is 6.18 Å². The number of benzene rings is 1. The zero-order valence-electron chi connectivity index (χ0n) is 17.0. The van der Waals surface area contributed by atoms with E-state index in [2.05, 4.69) is 15.3 Å². The van der Waals surface area contributed by atoms with Gasteiger partial charge in [0.15, 0.2) is 5.69 Å². The van der Waals surface area contributed by atoms with Gasteiger partial charge < -0.3 is 14.6 Å². The zero-order chi connectivity index (χ0) is 22.0. The minimum atomic E-state index is -4.58. The van der Waals surface area contributed by atoms with Gasteiger partial charge in [-0.2, -0.15) is 18.4 Å². The van der Waals surface area contributed by atoms with Crippen molar-refractivity contribution >= 4 is 11.0 Å². The van der Waals surface area contributed by atoms with E-state index < -0.39 is 11.7 Å². The number of hydrogen-bond acceptors (Lipinski definition) is 5. The molecule has 31 heavy (non-hydrogen) atoms. The molecule has 4 rings (SSSR count). The quantitative estimate of drug-likeness (QED) is 0.562. The van der Waals surface area contributed by atoms with Crippen LogP contribution in [0.3, 0.4) is 0 Å². The van der Waals surface area contributed by atoms with E-state index in [0.717, 1.165) is 25.5 Å². The Balaban J connectivity index is 1.57. The molecule has 2 heterocycles. The summed E-state index contributed by atoms with van der Waals surface area (Å²) in [6, 6.07) is 8.00. The van der Waals surface area contributed by atoms with E-state index in [1.54, 1.807) is 17.7 Å². The highest BCUT2D eigenvalue weighted by Crippen LogP contribution is 2.39. The summed E-state index contributed by atoms with van der Waals surface area (Å²) in [6.07, 6.45) is 1.13. The fraction of sp³-hybridized carbons (Fsp3) is 0.409. The van der Waals surface area contributed by atoms with Crippen molar-refractivity contribution in [3.05, 3.63) is 41.9 Å². The highest BCUT2D eigenvalue weighted by atomic mass is 19.4. The molecule has 0 saturated heterocycles. The van der Waals surface area contributed by atoms with Crippen LogP contribution in [0.5, 0.6) is 5.75 Å². The molecule has 6 nitrogen and oxygen atoms in total. The molecule has 1 N–H and O–H groups in total. The lowest BCUT2D eigenvalue weighted by atomic mass is 9.93. The summed E-state index contributed by atoms with van der Waals surface area (Å²) in [7, 11) is 1.75. The topological polar surface area (TPSA) is 75.8 Å². The van der Waals surface area contributed by atoms with Crippen LogP contribution in [-0.4, -0.2) is 33.7 Å². The normalized spacial score (nSPS) is 14.4. The number of aromatic nitrogens is 3. The van der Waals surface area contributed by atoms with Crippen molar-refractivity contribution in [2.45, 2.75) is 37.9 Å². The van der Waals surface area contributed by atoms with Gasteiger partial charge in [-0.1, -0.05) is 6.42 Å². The van der Waals surface area contributed by atoms with Crippen LogP contribution in [0.15, 0.2) is 30.6 Å². The number of ether oxygens (including phenoxy) is 1. The number of pyridine rings is 1. The predicted molar refractivity (Wildman–Crippen MR) is 109 cm³/mol. The molecule has 9 heteroatoms. The lowest BCUT2D eigenvalue weighted by Gasteiger charge is -2.26. The molecular weight excluding hydrogens is 407 g/mol. The van der Waals surface area contributed by atoms with Crippen LogP contribution < -0.4 is 10.1 Å². The van der Waals surface area contributed by atoms with Crippen LogP contribution in [0, 0.1) is 11.3 Å². The monoisotopic (exact) mass is 429 g/mol. The molecule has 1 aromatic carbocycles. The van der Waals surface area contributed by atoms with Crippen LogP contribution in [-0.2, 0) is 13.2 Å². The molecule has 0 atom stereocenters. The van der Waals surface area contributed by atoms with E-state index in [1.165, 1.54) is 24.9 Å². The molecule has 2 aromatic heterocycles. The summed E-state index contributed by atoms with van der Waals surface area (Å²) >= 11 is 0. The van der Waals surface area contributed by atoms with Gasteiger partial charge in [0.25, 0.3) is 0 Å². The van der Waals surface area contributed by atoms with E-state index >= 15 is 0 Å². The second-order valence-corrected chi connectivity index (χ2v) is 7.68. The Bertz CT molecular complexity index is 1130.